The van der Waals surface area contributed by atoms with E-state index in [1.165, 1.54) is 0 Å². The predicted octanol–water partition coefficient (Wildman–Crippen LogP) is 1.95. The lowest BCUT2D eigenvalue weighted by Crippen LogP contribution is -2.35. The Morgan fingerprint density at radius 3 is 3.00 bits per heavy atom. The number of rotatable bonds is 9. The third-order valence-corrected chi connectivity index (χ3v) is 5.92. The van der Waals surface area contributed by atoms with Crippen molar-refractivity contribution in [2.75, 3.05) is 19.8 Å². The molecule has 2 unspecified atom stereocenters. The van der Waals surface area contributed by atoms with Crippen LogP contribution in [0.5, 0.6) is 0 Å². The Morgan fingerprint density at radius 2 is 2.26 bits per heavy atom. The first-order valence-corrected chi connectivity index (χ1v) is 10.9. The van der Waals surface area contributed by atoms with E-state index in [0.29, 0.717) is 25.2 Å². The van der Waals surface area contributed by atoms with Gasteiger partial charge in [0, 0.05) is 30.8 Å². The molecule has 1 saturated heterocycles. The van der Waals surface area contributed by atoms with Crippen molar-refractivity contribution >= 4 is 10.9 Å². The van der Waals surface area contributed by atoms with Gasteiger partial charge < -0.3 is 14.8 Å². The largest absolute Gasteiger partial charge is 0.395 e. The zero-order valence-electron chi connectivity index (χ0n) is 18.1. The zero-order valence-corrected chi connectivity index (χ0v) is 18.1. The number of nitrogens with zero attached hydrogens (tertiary/aromatic N) is 5. The Morgan fingerprint density at radius 1 is 1.39 bits per heavy atom. The topological polar surface area (TPSA) is 109 Å². The molecule has 0 bridgehead atoms. The first-order valence-electron chi connectivity index (χ1n) is 10.9. The molecule has 9 nitrogen and oxygen atoms in total. The van der Waals surface area contributed by atoms with Crippen LogP contribution in [0.25, 0.3) is 10.9 Å². The van der Waals surface area contributed by atoms with Gasteiger partial charge in [0.1, 0.15) is 0 Å². The third kappa shape index (κ3) is 4.84. The maximum absolute atomic E-state index is 12.8. The van der Waals surface area contributed by atoms with E-state index < -0.39 is 0 Å². The standard InChI is InChI=1S/C22H30N6O3/c1-3-20(21-24-25-26-28(21)14-18-5-4-10-31-18)27(8-9-29)13-17-12-16-7-6-15(2)11-19(16)23-22(17)30/h6-7,11-12,18,20,29H,3-5,8-10,13-14H2,1-2H3,(H,23,30). The van der Waals surface area contributed by atoms with Gasteiger partial charge in [0.2, 0.25) is 0 Å². The van der Waals surface area contributed by atoms with Crippen LogP contribution in [0.1, 0.15) is 49.2 Å². The molecule has 0 aliphatic carbocycles. The van der Waals surface area contributed by atoms with Crippen molar-refractivity contribution < 1.29 is 9.84 Å². The highest BCUT2D eigenvalue weighted by molar-refractivity contribution is 5.79. The van der Waals surface area contributed by atoms with Crippen LogP contribution in [0, 0.1) is 6.92 Å². The molecule has 1 aliphatic heterocycles. The number of H-pyrrole nitrogens is 1. The average molecular weight is 427 g/mol. The summed E-state index contributed by atoms with van der Waals surface area (Å²) in [5, 5.41) is 23.1. The summed E-state index contributed by atoms with van der Waals surface area (Å²) in [6.07, 6.45) is 2.93. The van der Waals surface area contributed by atoms with Crippen LogP contribution in [-0.2, 0) is 17.8 Å². The number of fused-ring (bicyclic) bond motifs is 1. The van der Waals surface area contributed by atoms with Crippen molar-refractivity contribution in [2.45, 2.75) is 58.3 Å². The van der Waals surface area contributed by atoms with Gasteiger partial charge in [-0.05, 0) is 59.7 Å². The summed E-state index contributed by atoms with van der Waals surface area (Å²) in [6.45, 7) is 6.24. The van der Waals surface area contributed by atoms with Gasteiger partial charge in [-0.15, -0.1) is 5.10 Å². The molecule has 2 atom stereocenters. The van der Waals surface area contributed by atoms with E-state index in [0.717, 1.165) is 48.2 Å². The lowest BCUT2D eigenvalue weighted by atomic mass is 10.1. The fraction of sp³-hybridized carbons (Fsp3) is 0.545. The highest BCUT2D eigenvalue weighted by Crippen LogP contribution is 2.25. The van der Waals surface area contributed by atoms with E-state index in [4.69, 9.17) is 4.74 Å². The zero-order chi connectivity index (χ0) is 21.8. The molecule has 3 heterocycles. The quantitative estimate of drug-likeness (QED) is 0.538. The van der Waals surface area contributed by atoms with Crippen molar-refractivity contribution in [2.24, 2.45) is 0 Å². The fourth-order valence-corrected chi connectivity index (χ4v) is 4.34. The van der Waals surface area contributed by atoms with E-state index >= 15 is 0 Å². The van der Waals surface area contributed by atoms with Crippen molar-refractivity contribution in [3.05, 3.63) is 51.6 Å². The molecule has 0 amide bonds. The molecule has 4 rings (SSSR count). The van der Waals surface area contributed by atoms with Gasteiger partial charge in [-0.25, -0.2) is 4.68 Å². The first kappa shape index (κ1) is 21.6. The molecule has 166 valence electrons. The molecule has 0 spiro atoms. The molecule has 31 heavy (non-hydrogen) atoms. The summed E-state index contributed by atoms with van der Waals surface area (Å²) in [6, 6.07) is 7.82. The number of pyridine rings is 1. The van der Waals surface area contributed by atoms with Crippen molar-refractivity contribution in [3.8, 4) is 0 Å². The second kappa shape index (κ2) is 9.67. The monoisotopic (exact) mass is 426 g/mol. The number of hydrogen-bond acceptors (Lipinski definition) is 7. The number of ether oxygens (including phenoxy) is 1. The first-order chi connectivity index (χ1) is 15.1. The van der Waals surface area contributed by atoms with E-state index in [-0.39, 0.29) is 24.3 Å². The number of nitrogens with one attached hydrogen (secondary N) is 1. The molecule has 1 fully saturated rings. The molecule has 9 heteroatoms. The molecular weight excluding hydrogens is 396 g/mol. The number of benzene rings is 1. The van der Waals surface area contributed by atoms with E-state index in [1.54, 1.807) is 0 Å². The summed E-state index contributed by atoms with van der Waals surface area (Å²) in [5.74, 6) is 0.735. The van der Waals surface area contributed by atoms with Gasteiger partial charge in [0.15, 0.2) is 5.82 Å². The van der Waals surface area contributed by atoms with Crippen LogP contribution in [0.3, 0.4) is 0 Å². The fourth-order valence-electron chi connectivity index (χ4n) is 4.34. The maximum Gasteiger partial charge on any atom is 0.252 e. The van der Waals surface area contributed by atoms with Gasteiger partial charge in [-0.3, -0.25) is 9.69 Å². The van der Waals surface area contributed by atoms with E-state index in [1.807, 2.05) is 35.9 Å². The van der Waals surface area contributed by atoms with Gasteiger partial charge in [-0.1, -0.05) is 19.1 Å². The van der Waals surface area contributed by atoms with Crippen LogP contribution in [0.4, 0.5) is 0 Å². The van der Waals surface area contributed by atoms with Crippen molar-refractivity contribution in [1.82, 2.24) is 30.1 Å². The number of aromatic amines is 1. The maximum atomic E-state index is 12.8. The van der Waals surface area contributed by atoms with Crippen molar-refractivity contribution in [3.63, 3.8) is 0 Å². The summed E-state index contributed by atoms with van der Waals surface area (Å²) < 4.78 is 7.56. The van der Waals surface area contributed by atoms with Crippen LogP contribution in [0.2, 0.25) is 0 Å². The number of aromatic nitrogens is 5. The Hall–Kier alpha value is -2.62. The van der Waals surface area contributed by atoms with E-state index in [2.05, 4.69) is 32.3 Å². The number of aliphatic hydroxyl groups is 1. The van der Waals surface area contributed by atoms with Crippen LogP contribution in [0.15, 0.2) is 29.1 Å². The van der Waals surface area contributed by atoms with Gasteiger partial charge in [0.05, 0.1) is 25.3 Å². The molecule has 2 aromatic heterocycles. The predicted molar refractivity (Wildman–Crippen MR) is 117 cm³/mol. The molecule has 1 aliphatic rings. The minimum atomic E-state index is -0.128. The molecule has 0 radical (unpaired) electrons. The highest BCUT2D eigenvalue weighted by atomic mass is 16.5. The smallest absolute Gasteiger partial charge is 0.252 e. The lowest BCUT2D eigenvalue weighted by molar-refractivity contribution is 0.0875. The van der Waals surface area contributed by atoms with Crippen LogP contribution < -0.4 is 5.56 Å². The van der Waals surface area contributed by atoms with Crippen molar-refractivity contribution in [1.29, 1.82) is 0 Å². The Kier molecular flexibility index (Phi) is 6.74. The number of aryl methyl sites for hydroxylation is 1. The summed E-state index contributed by atoms with van der Waals surface area (Å²) in [7, 11) is 0. The Bertz CT molecular complexity index is 1070. The summed E-state index contributed by atoms with van der Waals surface area (Å²) >= 11 is 0. The number of tetrazole rings is 1. The highest BCUT2D eigenvalue weighted by Gasteiger charge is 2.27. The SMILES string of the molecule is CCC(c1nnnn1CC1CCCO1)N(CCO)Cc1cc2ccc(C)cc2[nH]c1=O. The Balaban J connectivity index is 1.61. The summed E-state index contributed by atoms with van der Waals surface area (Å²) in [4.78, 5) is 17.8. The minimum absolute atomic E-state index is 0.0194. The lowest BCUT2D eigenvalue weighted by Gasteiger charge is -2.29. The number of hydrogen-bond donors (Lipinski definition) is 2. The number of aliphatic hydroxyl groups excluding tert-OH is 1. The second-order valence-corrected chi connectivity index (χ2v) is 8.19. The van der Waals surface area contributed by atoms with E-state index in [9.17, 15) is 9.90 Å². The van der Waals surface area contributed by atoms with Gasteiger partial charge >= 0.3 is 0 Å². The molecular formula is C22H30N6O3. The normalized spacial score (nSPS) is 17.6. The minimum Gasteiger partial charge on any atom is -0.395 e. The Labute approximate surface area is 181 Å². The van der Waals surface area contributed by atoms with Gasteiger partial charge in [-0.2, -0.15) is 0 Å². The average Bonchev–Trinajstić information content (AvgIpc) is 3.42. The molecule has 0 saturated carbocycles. The molecule has 1 aromatic carbocycles. The second-order valence-electron chi connectivity index (χ2n) is 8.19. The molecule has 3 aromatic rings. The summed E-state index contributed by atoms with van der Waals surface area (Å²) in [5.41, 5.74) is 2.47. The van der Waals surface area contributed by atoms with Crippen LogP contribution >= 0.6 is 0 Å². The third-order valence-electron chi connectivity index (χ3n) is 5.92. The van der Waals surface area contributed by atoms with Crippen LogP contribution in [-0.4, -0.2) is 61.1 Å². The van der Waals surface area contributed by atoms with Gasteiger partial charge in [0.25, 0.3) is 5.56 Å². The molecule has 2 N–H and O–H groups in total.